The fraction of sp³-hybridized carbons (Fsp3) is 0.185. The van der Waals surface area contributed by atoms with Gasteiger partial charge in [0.25, 0.3) is 11.8 Å². The molecule has 2 aromatic rings. The molecule has 0 unspecified atom stereocenters. The molecule has 1 radical (unpaired) electrons. The summed E-state index contributed by atoms with van der Waals surface area (Å²) in [5.41, 5.74) is 9.26. The van der Waals surface area contributed by atoms with Gasteiger partial charge in [0.15, 0.2) is 0 Å². The lowest BCUT2D eigenvalue weighted by Gasteiger charge is -2.30. The molecule has 2 aliphatic heterocycles. The third-order valence-corrected chi connectivity index (χ3v) is 5.61. The number of piperidine rings is 1. The van der Waals surface area contributed by atoms with Gasteiger partial charge in [0.05, 0.1) is 5.92 Å². The maximum atomic E-state index is 13.1. The summed E-state index contributed by atoms with van der Waals surface area (Å²) >= 11 is 0. The van der Waals surface area contributed by atoms with Crippen molar-refractivity contribution in [3.05, 3.63) is 101 Å². The van der Waals surface area contributed by atoms with Crippen LogP contribution in [0.25, 0.3) is 10.8 Å². The fourth-order valence-corrected chi connectivity index (χ4v) is 4.00. The predicted molar refractivity (Wildman–Crippen MR) is 131 cm³/mol. The first-order valence-corrected chi connectivity index (χ1v) is 10.9. The molecule has 2 N–H and O–H groups in total. The monoisotopic (exact) mass is 426 g/mol. The van der Waals surface area contributed by atoms with Crippen molar-refractivity contribution >= 4 is 28.3 Å². The van der Waals surface area contributed by atoms with Crippen LogP contribution in [0.1, 0.15) is 27.3 Å². The standard InChI is InChI=1S/C25H20N3O2.C2H6.H2/c26-24(29)23-11-4-2-7-17-15-28(13-12-22(17)27-23)25(30)21-14-20(21)19-10-5-8-16-6-1-3-9-18(16)19;1-2;/h1-11,14H,12-13,15H2,(H2,26,29);1-2H3;1H/b4-2+,7-2?,11-4?,17-7+,23-11-,27-22-,27-23?;;. The molecule has 1 aliphatic carbocycles. The Labute approximate surface area is 189 Å². The summed E-state index contributed by atoms with van der Waals surface area (Å²) < 4.78 is 0. The number of rotatable bonds is 3. The summed E-state index contributed by atoms with van der Waals surface area (Å²) in [6, 6.07) is 14.4. The Hall–Kier alpha value is -3.73. The highest BCUT2D eigenvalue weighted by molar-refractivity contribution is 6.10. The van der Waals surface area contributed by atoms with Gasteiger partial charge in [0, 0.05) is 32.2 Å². The topological polar surface area (TPSA) is 75.8 Å². The summed E-state index contributed by atoms with van der Waals surface area (Å²) in [7, 11) is 0. The highest BCUT2D eigenvalue weighted by Crippen LogP contribution is 2.42. The molecule has 5 nitrogen and oxygen atoms in total. The van der Waals surface area contributed by atoms with Gasteiger partial charge < -0.3 is 10.6 Å². The lowest BCUT2D eigenvalue weighted by molar-refractivity contribution is -0.126. The highest BCUT2D eigenvalue weighted by atomic mass is 16.2. The highest BCUT2D eigenvalue weighted by Gasteiger charge is 2.38. The van der Waals surface area contributed by atoms with Crippen molar-refractivity contribution in [2.45, 2.75) is 20.3 Å². The van der Waals surface area contributed by atoms with Crippen molar-refractivity contribution in [1.29, 1.82) is 0 Å². The Morgan fingerprint density at radius 2 is 1.78 bits per heavy atom. The molecule has 0 atom stereocenters. The zero-order valence-electron chi connectivity index (χ0n) is 18.3. The molecule has 0 aromatic heterocycles. The van der Waals surface area contributed by atoms with Gasteiger partial charge in [-0.15, -0.1) is 0 Å². The maximum absolute atomic E-state index is 13.1. The number of nitrogens with two attached hydrogens (primary N) is 1. The molecular formula is C27H28N3O2. The summed E-state index contributed by atoms with van der Waals surface area (Å²) in [4.78, 5) is 31.0. The van der Waals surface area contributed by atoms with Crippen LogP contribution in [-0.4, -0.2) is 35.5 Å². The quantitative estimate of drug-likeness (QED) is 0.784. The maximum Gasteiger partial charge on any atom is 0.267 e. The lowest BCUT2D eigenvalue weighted by atomic mass is 9.97. The van der Waals surface area contributed by atoms with E-state index in [4.69, 9.17) is 5.73 Å². The summed E-state index contributed by atoms with van der Waals surface area (Å²) in [5.74, 6) is 0.501. The van der Waals surface area contributed by atoms with E-state index in [1.807, 2.05) is 55.2 Å². The Bertz CT molecular complexity index is 1230. The van der Waals surface area contributed by atoms with E-state index >= 15 is 0 Å². The van der Waals surface area contributed by atoms with Gasteiger partial charge in [-0.25, -0.2) is 4.99 Å². The fourth-order valence-electron chi connectivity index (χ4n) is 4.00. The molecule has 5 heteroatoms. The van der Waals surface area contributed by atoms with Crippen LogP contribution in [-0.2, 0) is 9.59 Å². The van der Waals surface area contributed by atoms with Crippen molar-refractivity contribution in [3.63, 3.8) is 0 Å². The molecule has 1 fully saturated rings. The van der Waals surface area contributed by atoms with E-state index in [0.717, 1.165) is 39.1 Å². The van der Waals surface area contributed by atoms with E-state index in [9.17, 15) is 9.59 Å². The van der Waals surface area contributed by atoms with Crippen LogP contribution in [0.2, 0.25) is 0 Å². The first-order valence-electron chi connectivity index (χ1n) is 10.9. The number of carbonyl (C=O) groups excluding carboxylic acids is 2. The largest absolute Gasteiger partial charge is 0.364 e. The van der Waals surface area contributed by atoms with Gasteiger partial charge in [-0.3, -0.25) is 9.59 Å². The minimum absolute atomic E-state index is 0. The molecule has 163 valence electrons. The van der Waals surface area contributed by atoms with E-state index in [0.29, 0.717) is 19.5 Å². The van der Waals surface area contributed by atoms with Gasteiger partial charge in [-0.2, -0.15) is 0 Å². The van der Waals surface area contributed by atoms with E-state index in [1.165, 1.54) is 0 Å². The normalized spacial score (nSPS) is 23.4. The number of fused-ring (bicyclic) bond motifs is 2. The Kier molecular flexibility index (Phi) is 6.17. The first-order chi connectivity index (χ1) is 15.6. The second-order valence-corrected chi connectivity index (χ2v) is 7.53. The van der Waals surface area contributed by atoms with Crippen LogP contribution in [0.4, 0.5) is 0 Å². The smallest absolute Gasteiger partial charge is 0.267 e. The van der Waals surface area contributed by atoms with Gasteiger partial charge >= 0.3 is 0 Å². The number of nitrogens with zero attached hydrogens (tertiary/aromatic N) is 2. The zero-order valence-corrected chi connectivity index (χ0v) is 18.3. The van der Waals surface area contributed by atoms with E-state index in [-0.39, 0.29) is 13.0 Å². The SMILES string of the molecule is CC.NC(=O)C1=C/C=C/C=C2\CN(C(=O)C3=C[C]3c3cccc4ccccc34)CC\C2=N\1.[HH]. The van der Waals surface area contributed by atoms with Crippen molar-refractivity contribution < 1.29 is 11.0 Å². The number of hydrogen-bond donors (Lipinski definition) is 1. The van der Waals surface area contributed by atoms with Crippen molar-refractivity contribution in [2.75, 3.05) is 13.1 Å². The molecular weight excluding hydrogens is 398 g/mol. The predicted octanol–water partition coefficient (Wildman–Crippen LogP) is 4.51. The van der Waals surface area contributed by atoms with Crippen LogP contribution in [0.5, 0.6) is 0 Å². The number of aliphatic imine (C=N–C) groups is 1. The van der Waals surface area contributed by atoms with Crippen LogP contribution >= 0.6 is 0 Å². The second-order valence-electron chi connectivity index (χ2n) is 7.53. The number of carbonyl (C=O) groups is 2. The molecule has 2 amide bonds. The molecule has 32 heavy (non-hydrogen) atoms. The van der Waals surface area contributed by atoms with Crippen molar-refractivity contribution in [2.24, 2.45) is 10.7 Å². The Morgan fingerprint density at radius 3 is 2.59 bits per heavy atom. The number of allylic oxidation sites excluding steroid dienone is 5. The number of benzene rings is 2. The van der Waals surface area contributed by atoms with Gasteiger partial charge in [0.2, 0.25) is 0 Å². The van der Waals surface area contributed by atoms with E-state index < -0.39 is 5.91 Å². The minimum atomic E-state index is -0.552. The zero-order chi connectivity index (χ0) is 22.7. The molecule has 0 spiro atoms. The number of amides is 2. The average Bonchev–Trinajstić information content (AvgIpc) is 3.60. The minimum Gasteiger partial charge on any atom is -0.364 e. The average molecular weight is 427 g/mol. The first kappa shape index (κ1) is 21.5. The third-order valence-electron chi connectivity index (χ3n) is 5.61. The van der Waals surface area contributed by atoms with Crippen molar-refractivity contribution in [3.8, 4) is 0 Å². The van der Waals surface area contributed by atoms with Crippen LogP contribution in [0.15, 0.2) is 94.7 Å². The molecule has 0 saturated carbocycles. The van der Waals surface area contributed by atoms with E-state index in [2.05, 4.69) is 29.3 Å². The van der Waals surface area contributed by atoms with Gasteiger partial charge in [-0.05, 0) is 28.0 Å². The summed E-state index contributed by atoms with van der Waals surface area (Å²) in [5, 5.41) is 2.32. The molecule has 3 aliphatic rings. The van der Waals surface area contributed by atoms with Gasteiger partial charge in [0.1, 0.15) is 5.70 Å². The van der Waals surface area contributed by atoms with Crippen LogP contribution in [0.3, 0.4) is 0 Å². The summed E-state index contributed by atoms with van der Waals surface area (Å²) in [6.45, 7) is 5.03. The molecule has 2 aromatic carbocycles. The molecule has 5 rings (SSSR count). The lowest BCUT2D eigenvalue weighted by Crippen LogP contribution is -2.40. The van der Waals surface area contributed by atoms with Crippen molar-refractivity contribution in [1.82, 2.24) is 4.90 Å². The van der Waals surface area contributed by atoms with E-state index in [1.54, 1.807) is 12.2 Å². The number of primary amides is 1. The molecule has 1 saturated heterocycles. The summed E-state index contributed by atoms with van der Waals surface area (Å²) in [6.07, 6.45) is 9.71. The number of hydrogen-bond acceptors (Lipinski definition) is 3. The van der Waals surface area contributed by atoms with Crippen LogP contribution < -0.4 is 5.73 Å². The Balaban J connectivity index is 0.000000994. The molecule has 2 heterocycles. The third kappa shape index (κ3) is 4.19. The number of likely N-dealkylation sites (tertiary alicyclic amines) is 1. The second kappa shape index (κ2) is 9.18. The Morgan fingerprint density at radius 1 is 1.03 bits per heavy atom. The molecule has 0 bridgehead atoms. The van der Waals surface area contributed by atoms with Crippen LogP contribution in [0, 0.1) is 5.92 Å². The van der Waals surface area contributed by atoms with Gasteiger partial charge in [-0.1, -0.05) is 80.6 Å².